The second kappa shape index (κ2) is 4.30. The van der Waals surface area contributed by atoms with Crippen molar-refractivity contribution in [3.8, 4) is 0 Å². The monoisotopic (exact) mass is 126 g/mol. The van der Waals surface area contributed by atoms with Crippen molar-refractivity contribution in [3.05, 3.63) is 12.2 Å². The van der Waals surface area contributed by atoms with Crippen LogP contribution in [0.1, 0.15) is 27.2 Å². The molecular formula is C8H14O. The molecule has 0 amide bonds. The second-order valence-electron chi connectivity index (χ2n) is 2.58. The van der Waals surface area contributed by atoms with Crippen LogP contribution in [0.5, 0.6) is 0 Å². The molecule has 0 fully saturated rings. The van der Waals surface area contributed by atoms with Gasteiger partial charge in [-0.25, -0.2) is 0 Å². The van der Waals surface area contributed by atoms with Gasteiger partial charge in [0.2, 0.25) is 0 Å². The van der Waals surface area contributed by atoms with E-state index in [1.807, 2.05) is 12.2 Å². The summed E-state index contributed by atoms with van der Waals surface area (Å²) in [5, 5.41) is 0. The first-order chi connectivity index (χ1) is 4.13. The van der Waals surface area contributed by atoms with Crippen LogP contribution in [0.3, 0.4) is 0 Å². The molecule has 1 heteroatoms. The summed E-state index contributed by atoms with van der Waals surface area (Å²) in [4.78, 5) is 10.4. The number of carbonyl (C=O) groups is 1. The zero-order chi connectivity index (χ0) is 7.28. The van der Waals surface area contributed by atoms with Gasteiger partial charge in [0.1, 0.15) is 5.78 Å². The maximum atomic E-state index is 10.4. The Morgan fingerprint density at radius 2 is 2.11 bits per heavy atom. The second-order valence-corrected chi connectivity index (χ2v) is 2.58. The van der Waals surface area contributed by atoms with E-state index < -0.39 is 0 Å². The smallest absolute Gasteiger partial charge is 0.133 e. The normalized spacial score (nSPS) is 11.1. The molecule has 0 aromatic carbocycles. The molecular weight excluding hydrogens is 112 g/mol. The molecule has 0 aromatic heterocycles. The summed E-state index contributed by atoms with van der Waals surface area (Å²) >= 11 is 0. The van der Waals surface area contributed by atoms with E-state index in [2.05, 4.69) is 13.8 Å². The lowest BCUT2D eigenvalue weighted by molar-refractivity contribution is -0.116. The molecule has 0 bridgehead atoms. The number of rotatable bonds is 3. The SMILES string of the molecule is CC(=O)C/C=C/C(C)C. The molecule has 0 atom stereocenters. The molecule has 0 aliphatic heterocycles. The van der Waals surface area contributed by atoms with Gasteiger partial charge in [0.25, 0.3) is 0 Å². The third kappa shape index (κ3) is 7.41. The van der Waals surface area contributed by atoms with E-state index in [1.165, 1.54) is 0 Å². The quantitative estimate of drug-likeness (QED) is 0.530. The van der Waals surface area contributed by atoms with Crippen molar-refractivity contribution >= 4 is 5.78 Å². The zero-order valence-electron chi connectivity index (χ0n) is 6.35. The molecule has 0 N–H and O–H groups in total. The van der Waals surface area contributed by atoms with E-state index in [1.54, 1.807) is 6.92 Å². The van der Waals surface area contributed by atoms with Crippen molar-refractivity contribution in [2.75, 3.05) is 0 Å². The van der Waals surface area contributed by atoms with Gasteiger partial charge in [0, 0.05) is 6.42 Å². The average molecular weight is 126 g/mol. The van der Waals surface area contributed by atoms with Crippen molar-refractivity contribution < 1.29 is 4.79 Å². The highest BCUT2D eigenvalue weighted by Crippen LogP contribution is 1.94. The molecule has 0 radical (unpaired) electrons. The Bertz CT molecular complexity index is 112. The van der Waals surface area contributed by atoms with E-state index in [-0.39, 0.29) is 5.78 Å². The minimum Gasteiger partial charge on any atom is -0.300 e. The van der Waals surface area contributed by atoms with Crippen molar-refractivity contribution in [1.29, 1.82) is 0 Å². The molecule has 1 nitrogen and oxygen atoms in total. The first-order valence-corrected chi connectivity index (χ1v) is 3.29. The van der Waals surface area contributed by atoms with Crippen LogP contribution in [0, 0.1) is 5.92 Å². The molecule has 52 valence electrons. The van der Waals surface area contributed by atoms with Gasteiger partial charge in [-0.3, -0.25) is 4.79 Å². The Morgan fingerprint density at radius 3 is 2.44 bits per heavy atom. The van der Waals surface area contributed by atoms with Crippen LogP contribution in [0.25, 0.3) is 0 Å². The molecule has 9 heavy (non-hydrogen) atoms. The Hall–Kier alpha value is -0.590. The average Bonchev–Trinajstić information content (AvgIpc) is 1.63. The van der Waals surface area contributed by atoms with Gasteiger partial charge in [-0.2, -0.15) is 0 Å². The third-order valence-electron chi connectivity index (χ3n) is 0.926. The highest BCUT2D eigenvalue weighted by atomic mass is 16.1. The predicted octanol–water partition coefficient (Wildman–Crippen LogP) is 2.18. The maximum Gasteiger partial charge on any atom is 0.133 e. The lowest BCUT2D eigenvalue weighted by Gasteiger charge is -1.90. The minimum atomic E-state index is 0.229. The van der Waals surface area contributed by atoms with Crippen LogP contribution in [-0.4, -0.2) is 5.78 Å². The number of ketones is 1. The molecule has 0 unspecified atom stereocenters. The van der Waals surface area contributed by atoms with Crippen LogP contribution in [0.4, 0.5) is 0 Å². The molecule has 0 aliphatic rings. The number of allylic oxidation sites excluding steroid dienone is 2. The van der Waals surface area contributed by atoms with Crippen LogP contribution in [-0.2, 0) is 4.79 Å². The zero-order valence-corrected chi connectivity index (χ0v) is 6.35. The van der Waals surface area contributed by atoms with Crippen molar-refractivity contribution in [2.45, 2.75) is 27.2 Å². The topological polar surface area (TPSA) is 17.1 Å². The highest BCUT2D eigenvalue weighted by molar-refractivity contribution is 5.76. The van der Waals surface area contributed by atoms with Gasteiger partial charge in [0.05, 0.1) is 0 Å². The summed E-state index contributed by atoms with van der Waals surface area (Å²) in [5.41, 5.74) is 0. The fourth-order valence-corrected chi connectivity index (χ4v) is 0.506. The highest BCUT2D eigenvalue weighted by Gasteiger charge is 1.86. The molecule has 0 saturated carbocycles. The lowest BCUT2D eigenvalue weighted by Crippen LogP contribution is -1.85. The van der Waals surface area contributed by atoms with E-state index in [0.29, 0.717) is 12.3 Å². The maximum absolute atomic E-state index is 10.4. The summed E-state index contributed by atoms with van der Waals surface area (Å²) in [6, 6.07) is 0. The summed E-state index contributed by atoms with van der Waals surface area (Å²) in [7, 11) is 0. The fourth-order valence-electron chi connectivity index (χ4n) is 0.506. The number of hydrogen-bond donors (Lipinski definition) is 0. The van der Waals surface area contributed by atoms with E-state index in [9.17, 15) is 4.79 Å². The van der Waals surface area contributed by atoms with Crippen molar-refractivity contribution in [1.82, 2.24) is 0 Å². The molecule has 0 saturated heterocycles. The third-order valence-corrected chi connectivity index (χ3v) is 0.926. The number of hydrogen-bond acceptors (Lipinski definition) is 1. The summed E-state index contributed by atoms with van der Waals surface area (Å²) in [6.07, 6.45) is 4.55. The van der Waals surface area contributed by atoms with E-state index in [0.717, 1.165) is 0 Å². The first kappa shape index (κ1) is 8.41. The van der Waals surface area contributed by atoms with Crippen LogP contribution in [0.2, 0.25) is 0 Å². The Balaban J connectivity index is 3.36. The van der Waals surface area contributed by atoms with Gasteiger partial charge in [-0.1, -0.05) is 26.0 Å². The van der Waals surface area contributed by atoms with Gasteiger partial charge in [0.15, 0.2) is 0 Å². The van der Waals surface area contributed by atoms with Crippen LogP contribution >= 0.6 is 0 Å². The number of Topliss-reactive ketones (excluding diaryl/α,β-unsaturated/α-hetero) is 1. The molecule has 0 heterocycles. The van der Waals surface area contributed by atoms with Crippen LogP contribution < -0.4 is 0 Å². The lowest BCUT2D eigenvalue weighted by atomic mass is 10.2. The Morgan fingerprint density at radius 1 is 1.56 bits per heavy atom. The van der Waals surface area contributed by atoms with Gasteiger partial charge >= 0.3 is 0 Å². The fraction of sp³-hybridized carbons (Fsp3) is 0.625. The van der Waals surface area contributed by atoms with Gasteiger partial charge < -0.3 is 0 Å². The molecule has 0 spiro atoms. The standard InChI is InChI=1S/C8H14O/c1-7(2)5-4-6-8(3)9/h4-5,7H,6H2,1-3H3/b5-4+. The Labute approximate surface area is 56.8 Å². The summed E-state index contributed by atoms with van der Waals surface area (Å²) < 4.78 is 0. The van der Waals surface area contributed by atoms with E-state index in [4.69, 9.17) is 0 Å². The van der Waals surface area contributed by atoms with Gasteiger partial charge in [-0.05, 0) is 12.8 Å². The summed E-state index contributed by atoms with van der Waals surface area (Å²) in [6.45, 7) is 5.79. The molecule has 0 aliphatic carbocycles. The summed E-state index contributed by atoms with van der Waals surface area (Å²) in [5.74, 6) is 0.788. The van der Waals surface area contributed by atoms with E-state index >= 15 is 0 Å². The number of carbonyl (C=O) groups excluding carboxylic acids is 1. The Kier molecular flexibility index (Phi) is 4.02. The predicted molar refractivity (Wildman–Crippen MR) is 39.3 cm³/mol. The van der Waals surface area contributed by atoms with Crippen LogP contribution in [0.15, 0.2) is 12.2 Å². The molecule has 0 rings (SSSR count). The first-order valence-electron chi connectivity index (χ1n) is 3.29. The van der Waals surface area contributed by atoms with Crippen molar-refractivity contribution in [2.24, 2.45) is 5.92 Å². The minimum absolute atomic E-state index is 0.229. The largest absolute Gasteiger partial charge is 0.300 e. The van der Waals surface area contributed by atoms with Gasteiger partial charge in [-0.15, -0.1) is 0 Å². The van der Waals surface area contributed by atoms with Crippen molar-refractivity contribution in [3.63, 3.8) is 0 Å². The molecule has 0 aromatic rings.